The summed E-state index contributed by atoms with van der Waals surface area (Å²) in [6, 6.07) is 11.4. The Morgan fingerprint density at radius 1 is 1.30 bits per heavy atom. The van der Waals surface area contributed by atoms with E-state index in [0.717, 1.165) is 9.99 Å². The van der Waals surface area contributed by atoms with Crippen molar-refractivity contribution in [3.63, 3.8) is 0 Å². The maximum Gasteiger partial charge on any atom is 0.259 e. The predicted molar refractivity (Wildman–Crippen MR) is 123 cm³/mol. The van der Waals surface area contributed by atoms with Gasteiger partial charge in [-0.3, -0.25) is 14.5 Å². The van der Waals surface area contributed by atoms with Crippen LogP contribution in [-0.2, 0) is 4.79 Å². The number of carbonyl (C=O) groups excluding carboxylic acids is 2. The summed E-state index contributed by atoms with van der Waals surface area (Å²) < 4.78 is 15.4. The van der Waals surface area contributed by atoms with Crippen molar-refractivity contribution >= 4 is 63.1 Å². The summed E-state index contributed by atoms with van der Waals surface area (Å²) in [6.45, 7) is 0. The molecular formula is C21H16FIN4O2S. The Morgan fingerprint density at radius 2 is 2.03 bits per heavy atom. The first-order chi connectivity index (χ1) is 14.3. The number of nitriles is 1. The number of halogens is 2. The van der Waals surface area contributed by atoms with E-state index in [0.29, 0.717) is 29.8 Å². The zero-order valence-electron chi connectivity index (χ0n) is 15.9. The van der Waals surface area contributed by atoms with E-state index in [2.05, 4.69) is 34.0 Å². The van der Waals surface area contributed by atoms with Crippen LogP contribution in [0.2, 0.25) is 0 Å². The molecule has 0 unspecified atom stereocenters. The average molecular weight is 534 g/mol. The molecule has 2 aromatic rings. The summed E-state index contributed by atoms with van der Waals surface area (Å²) in [5.41, 5.74) is 0.599. The first kappa shape index (κ1) is 20.7. The molecule has 1 spiro atoms. The number of benzene rings is 2. The number of thiocarbonyl (C=S) groups is 1. The molecule has 9 heteroatoms. The minimum Gasteiger partial charge on any atom is -0.355 e. The molecule has 1 aliphatic carbocycles. The van der Waals surface area contributed by atoms with Crippen molar-refractivity contribution < 1.29 is 14.0 Å². The maximum absolute atomic E-state index is 14.6. The molecule has 1 heterocycles. The number of hydrogen-bond acceptors (Lipinski definition) is 4. The van der Waals surface area contributed by atoms with E-state index in [-0.39, 0.29) is 16.6 Å². The van der Waals surface area contributed by atoms with Crippen molar-refractivity contribution in [1.29, 1.82) is 5.26 Å². The Labute approximate surface area is 191 Å². The number of nitrogens with zero attached hydrogens (tertiary/aromatic N) is 3. The number of nitrogens with one attached hydrogen (secondary N) is 1. The highest BCUT2D eigenvalue weighted by atomic mass is 127. The second-order valence-electron chi connectivity index (χ2n) is 7.16. The summed E-state index contributed by atoms with van der Waals surface area (Å²) in [7, 11) is 1.43. The van der Waals surface area contributed by atoms with Crippen LogP contribution in [0.5, 0.6) is 0 Å². The Bertz CT molecular complexity index is 1140. The molecule has 1 saturated heterocycles. The van der Waals surface area contributed by atoms with Gasteiger partial charge < -0.3 is 10.2 Å². The van der Waals surface area contributed by atoms with Gasteiger partial charge in [0, 0.05) is 16.3 Å². The predicted octanol–water partition coefficient (Wildman–Crippen LogP) is 3.72. The second kappa shape index (κ2) is 7.59. The molecular weight excluding hydrogens is 518 g/mol. The molecule has 0 aromatic heterocycles. The number of rotatable bonds is 3. The number of carbonyl (C=O) groups is 2. The zero-order chi connectivity index (χ0) is 21.6. The molecule has 0 atom stereocenters. The summed E-state index contributed by atoms with van der Waals surface area (Å²) in [6.07, 6.45) is 2.07. The summed E-state index contributed by atoms with van der Waals surface area (Å²) in [5.74, 6) is -1.36. The van der Waals surface area contributed by atoms with Crippen molar-refractivity contribution in [2.75, 3.05) is 16.8 Å². The highest BCUT2D eigenvalue weighted by Crippen LogP contribution is 2.48. The first-order valence-electron chi connectivity index (χ1n) is 9.24. The van der Waals surface area contributed by atoms with Crippen LogP contribution in [0.1, 0.15) is 35.2 Å². The van der Waals surface area contributed by atoms with Gasteiger partial charge in [0.15, 0.2) is 5.11 Å². The standard InChI is InChI=1S/C21H16FIN4O2S/c1-25-18(28)14-5-4-13(10-15(14)22)27-20(30)26(19(29)21(27)7-2-8-21)17-6-3-12(11-24)9-16(17)23/h3-6,9-10H,2,7-8H2,1H3,(H,25,28). The van der Waals surface area contributed by atoms with Crippen molar-refractivity contribution in [2.24, 2.45) is 0 Å². The third kappa shape index (κ3) is 2.97. The molecule has 4 rings (SSSR count). The maximum atomic E-state index is 14.6. The van der Waals surface area contributed by atoms with Gasteiger partial charge in [-0.15, -0.1) is 0 Å². The number of anilines is 2. The Kier molecular flexibility index (Phi) is 5.23. The quantitative estimate of drug-likeness (QED) is 0.480. The fourth-order valence-corrected chi connectivity index (χ4v) is 5.13. The highest BCUT2D eigenvalue weighted by molar-refractivity contribution is 14.1. The fraction of sp³-hybridized carbons (Fsp3) is 0.238. The SMILES string of the molecule is CNC(=O)c1ccc(N2C(=S)N(c3ccc(C#N)cc3I)C(=O)C23CCC3)cc1F. The molecule has 0 radical (unpaired) electrons. The lowest BCUT2D eigenvalue weighted by atomic mass is 9.75. The molecule has 2 aromatic carbocycles. The van der Waals surface area contributed by atoms with Crippen LogP contribution in [0, 0.1) is 20.7 Å². The van der Waals surface area contributed by atoms with Crippen LogP contribution >= 0.6 is 34.8 Å². The Morgan fingerprint density at radius 3 is 2.57 bits per heavy atom. The summed E-state index contributed by atoms with van der Waals surface area (Å²) in [5, 5.41) is 11.8. The molecule has 0 bridgehead atoms. The number of amides is 2. The third-order valence-corrected chi connectivity index (χ3v) is 6.82. The Balaban J connectivity index is 1.79. The largest absolute Gasteiger partial charge is 0.355 e. The van der Waals surface area contributed by atoms with E-state index in [1.54, 1.807) is 29.2 Å². The molecule has 152 valence electrons. The molecule has 2 fully saturated rings. The lowest BCUT2D eigenvalue weighted by Crippen LogP contribution is -2.55. The minimum absolute atomic E-state index is 0.0705. The van der Waals surface area contributed by atoms with Gasteiger partial charge in [0.25, 0.3) is 11.8 Å². The smallest absolute Gasteiger partial charge is 0.259 e. The van der Waals surface area contributed by atoms with Gasteiger partial charge in [-0.2, -0.15) is 5.26 Å². The van der Waals surface area contributed by atoms with Crippen LogP contribution in [0.3, 0.4) is 0 Å². The Hall–Kier alpha value is -2.58. The molecule has 1 aliphatic heterocycles. The normalized spacial score (nSPS) is 17.1. The van der Waals surface area contributed by atoms with Gasteiger partial charge in [0.2, 0.25) is 0 Å². The van der Waals surface area contributed by atoms with Crippen molar-refractivity contribution in [3.05, 3.63) is 56.9 Å². The van der Waals surface area contributed by atoms with Crippen LogP contribution in [-0.4, -0.2) is 29.5 Å². The summed E-state index contributed by atoms with van der Waals surface area (Å²) in [4.78, 5) is 28.5. The second-order valence-corrected chi connectivity index (χ2v) is 8.69. The van der Waals surface area contributed by atoms with E-state index in [9.17, 15) is 14.0 Å². The van der Waals surface area contributed by atoms with Gasteiger partial charge in [0.05, 0.1) is 22.9 Å². The molecule has 30 heavy (non-hydrogen) atoms. The van der Waals surface area contributed by atoms with Gasteiger partial charge in [0.1, 0.15) is 11.4 Å². The van der Waals surface area contributed by atoms with Gasteiger partial charge in [-0.05, 0) is 90.5 Å². The average Bonchev–Trinajstić information content (AvgIpc) is 2.94. The fourth-order valence-electron chi connectivity index (χ4n) is 3.91. The lowest BCUT2D eigenvalue weighted by molar-refractivity contribution is -0.123. The molecule has 6 nitrogen and oxygen atoms in total. The molecule has 2 aliphatic rings. The van der Waals surface area contributed by atoms with E-state index >= 15 is 0 Å². The van der Waals surface area contributed by atoms with Gasteiger partial charge >= 0.3 is 0 Å². The van der Waals surface area contributed by atoms with E-state index in [4.69, 9.17) is 17.5 Å². The monoisotopic (exact) mass is 534 g/mol. The van der Waals surface area contributed by atoms with Crippen LogP contribution < -0.4 is 15.1 Å². The molecule has 1 saturated carbocycles. The minimum atomic E-state index is -0.852. The lowest BCUT2D eigenvalue weighted by Gasteiger charge is -2.43. The van der Waals surface area contributed by atoms with Crippen LogP contribution in [0.25, 0.3) is 0 Å². The molecule has 2 amide bonds. The highest BCUT2D eigenvalue weighted by Gasteiger charge is 2.59. The summed E-state index contributed by atoms with van der Waals surface area (Å²) >= 11 is 7.76. The van der Waals surface area contributed by atoms with Gasteiger partial charge in [-0.25, -0.2) is 4.39 Å². The first-order valence-corrected chi connectivity index (χ1v) is 10.7. The van der Waals surface area contributed by atoms with Crippen molar-refractivity contribution in [2.45, 2.75) is 24.8 Å². The van der Waals surface area contributed by atoms with E-state index < -0.39 is 17.3 Å². The van der Waals surface area contributed by atoms with Gasteiger partial charge in [-0.1, -0.05) is 0 Å². The van der Waals surface area contributed by atoms with E-state index in [1.807, 2.05) is 0 Å². The van der Waals surface area contributed by atoms with Crippen LogP contribution in [0.15, 0.2) is 36.4 Å². The van der Waals surface area contributed by atoms with Crippen LogP contribution in [0.4, 0.5) is 15.8 Å². The van der Waals surface area contributed by atoms with Crippen molar-refractivity contribution in [3.8, 4) is 6.07 Å². The third-order valence-electron chi connectivity index (χ3n) is 5.59. The zero-order valence-corrected chi connectivity index (χ0v) is 18.9. The topological polar surface area (TPSA) is 76.4 Å². The number of hydrogen-bond donors (Lipinski definition) is 1. The van der Waals surface area contributed by atoms with Crippen molar-refractivity contribution in [1.82, 2.24) is 5.32 Å². The molecule has 1 N–H and O–H groups in total. The van der Waals surface area contributed by atoms with E-state index in [1.165, 1.54) is 24.1 Å².